The Bertz CT molecular complexity index is 733. The zero-order valence-electron chi connectivity index (χ0n) is 11.6. The van der Waals surface area contributed by atoms with E-state index in [1.807, 2.05) is 48.9 Å². The van der Waals surface area contributed by atoms with Gasteiger partial charge in [-0.2, -0.15) is 0 Å². The van der Waals surface area contributed by atoms with Crippen LogP contribution in [-0.2, 0) is 11.2 Å². The molecule has 0 aliphatic carbocycles. The minimum absolute atomic E-state index is 0.0824. The Morgan fingerprint density at radius 2 is 1.76 bits per heavy atom. The van der Waals surface area contributed by atoms with Crippen molar-refractivity contribution in [1.29, 1.82) is 0 Å². The lowest BCUT2D eigenvalue weighted by molar-refractivity contribution is 0.519. The molecule has 0 bridgehead atoms. The number of hydrogen-bond donors (Lipinski definition) is 2. The van der Waals surface area contributed by atoms with Gasteiger partial charge in [-0.15, -0.1) is 0 Å². The van der Waals surface area contributed by atoms with E-state index in [1.54, 1.807) is 0 Å². The molecule has 3 heteroatoms. The SMILES string of the molecule is NC([C]=O)C(Cc1ccccc1)c1c[nH]c2ccccc12. The van der Waals surface area contributed by atoms with Gasteiger partial charge in [-0.3, -0.25) is 4.79 Å². The van der Waals surface area contributed by atoms with E-state index in [0.717, 1.165) is 22.9 Å². The van der Waals surface area contributed by atoms with Gasteiger partial charge in [-0.1, -0.05) is 48.5 Å². The van der Waals surface area contributed by atoms with Gasteiger partial charge >= 0.3 is 0 Å². The number of nitrogens with two attached hydrogens (primary N) is 1. The first kappa shape index (κ1) is 13.6. The Hall–Kier alpha value is -2.39. The fraction of sp³-hybridized carbons (Fsp3) is 0.167. The number of H-pyrrole nitrogens is 1. The van der Waals surface area contributed by atoms with Gasteiger partial charge in [0.25, 0.3) is 0 Å². The molecule has 0 saturated carbocycles. The summed E-state index contributed by atoms with van der Waals surface area (Å²) in [4.78, 5) is 14.4. The summed E-state index contributed by atoms with van der Waals surface area (Å²) < 4.78 is 0. The molecule has 3 N–H and O–H groups in total. The summed E-state index contributed by atoms with van der Waals surface area (Å²) >= 11 is 0. The molecule has 2 aromatic carbocycles. The molecular weight excluding hydrogens is 260 g/mol. The maximum absolute atomic E-state index is 11.1. The number of para-hydroxylation sites is 1. The standard InChI is InChI=1S/C18H17N2O/c19-17(12-21)15(10-13-6-2-1-3-7-13)16-11-20-18-9-5-4-8-14(16)18/h1-9,11,15,17,20H,10,19H2. The monoisotopic (exact) mass is 277 g/mol. The van der Waals surface area contributed by atoms with E-state index < -0.39 is 6.04 Å². The average molecular weight is 277 g/mol. The van der Waals surface area contributed by atoms with Gasteiger partial charge in [0, 0.05) is 23.0 Å². The van der Waals surface area contributed by atoms with Gasteiger partial charge in [0.1, 0.15) is 0 Å². The van der Waals surface area contributed by atoms with E-state index in [4.69, 9.17) is 5.73 Å². The molecule has 21 heavy (non-hydrogen) atoms. The summed E-state index contributed by atoms with van der Waals surface area (Å²) in [6.07, 6.45) is 4.63. The molecular formula is C18H17N2O. The van der Waals surface area contributed by atoms with E-state index >= 15 is 0 Å². The van der Waals surface area contributed by atoms with E-state index in [0.29, 0.717) is 0 Å². The van der Waals surface area contributed by atoms with Gasteiger partial charge in [-0.05, 0) is 23.6 Å². The molecule has 0 aliphatic rings. The summed E-state index contributed by atoms with van der Waals surface area (Å²) in [5.41, 5.74) is 9.31. The predicted molar refractivity (Wildman–Crippen MR) is 84.9 cm³/mol. The van der Waals surface area contributed by atoms with E-state index in [9.17, 15) is 4.79 Å². The quantitative estimate of drug-likeness (QED) is 0.753. The highest BCUT2D eigenvalue weighted by Gasteiger charge is 2.23. The van der Waals surface area contributed by atoms with Crippen molar-refractivity contribution in [2.75, 3.05) is 0 Å². The van der Waals surface area contributed by atoms with Gasteiger partial charge < -0.3 is 10.7 Å². The molecule has 0 fully saturated rings. The number of aromatic amines is 1. The van der Waals surface area contributed by atoms with Crippen molar-refractivity contribution in [3.05, 3.63) is 71.9 Å². The second-order valence-electron chi connectivity index (χ2n) is 5.23. The van der Waals surface area contributed by atoms with Crippen LogP contribution in [0.1, 0.15) is 17.0 Å². The first-order chi connectivity index (χ1) is 10.3. The molecule has 0 amide bonds. The number of carbonyl (C=O) groups excluding carboxylic acids is 1. The summed E-state index contributed by atoms with van der Waals surface area (Å²) in [6.45, 7) is 0. The Kier molecular flexibility index (Phi) is 3.84. The molecule has 1 radical (unpaired) electrons. The molecule has 1 aromatic heterocycles. The molecule has 0 spiro atoms. The molecule has 3 aromatic rings. The predicted octanol–water partition coefficient (Wildman–Crippen LogP) is 2.93. The Morgan fingerprint density at radius 3 is 2.52 bits per heavy atom. The maximum Gasteiger partial charge on any atom is 0.217 e. The van der Waals surface area contributed by atoms with Crippen LogP contribution in [0.3, 0.4) is 0 Å². The maximum atomic E-state index is 11.1. The zero-order valence-corrected chi connectivity index (χ0v) is 11.6. The molecule has 3 nitrogen and oxygen atoms in total. The third-order valence-corrected chi connectivity index (χ3v) is 3.89. The van der Waals surface area contributed by atoms with Crippen LogP contribution in [0.15, 0.2) is 60.8 Å². The molecule has 2 atom stereocenters. The second kappa shape index (κ2) is 5.94. The number of aromatic nitrogens is 1. The van der Waals surface area contributed by atoms with Crippen LogP contribution >= 0.6 is 0 Å². The molecule has 0 saturated heterocycles. The minimum atomic E-state index is -0.635. The molecule has 105 valence electrons. The summed E-state index contributed by atoms with van der Waals surface area (Å²) in [6, 6.07) is 17.5. The van der Waals surface area contributed by atoms with Crippen LogP contribution in [0.5, 0.6) is 0 Å². The largest absolute Gasteiger partial charge is 0.361 e. The van der Waals surface area contributed by atoms with Crippen LogP contribution in [0.2, 0.25) is 0 Å². The summed E-state index contributed by atoms with van der Waals surface area (Å²) in [5.74, 6) is -0.0824. The summed E-state index contributed by atoms with van der Waals surface area (Å²) in [5, 5.41) is 1.11. The normalized spacial score (nSPS) is 14.0. The molecule has 2 unspecified atom stereocenters. The average Bonchev–Trinajstić information content (AvgIpc) is 2.97. The van der Waals surface area contributed by atoms with Crippen molar-refractivity contribution in [1.82, 2.24) is 4.98 Å². The molecule has 0 aliphatic heterocycles. The third kappa shape index (κ3) is 2.73. The lowest BCUT2D eigenvalue weighted by atomic mass is 9.86. The molecule has 3 rings (SSSR count). The van der Waals surface area contributed by atoms with Crippen molar-refractivity contribution in [2.24, 2.45) is 5.73 Å². The first-order valence-corrected chi connectivity index (χ1v) is 7.03. The topological polar surface area (TPSA) is 58.9 Å². The van der Waals surface area contributed by atoms with E-state index in [-0.39, 0.29) is 5.92 Å². The van der Waals surface area contributed by atoms with Crippen molar-refractivity contribution >= 4 is 17.2 Å². The second-order valence-corrected chi connectivity index (χ2v) is 5.23. The number of hydrogen-bond acceptors (Lipinski definition) is 2. The van der Waals surface area contributed by atoms with Crippen LogP contribution in [-0.4, -0.2) is 17.3 Å². The van der Waals surface area contributed by atoms with Crippen LogP contribution in [0.4, 0.5) is 0 Å². The first-order valence-electron chi connectivity index (χ1n) is 7.03. The van der Waals surface area contributed by atoms with Crippen LogP contribution in [0.25, 0.3) is 10.9 Å². The summed E-state index contributed by atoms with van der Waals surface area (Å²) in [7, 11) is 0. The van der Waals surface area contributed by atoms with Crippen LogP contribution < -0.4 is 5.73 Å². The lowest BCUT2D eigenvalue weighted by Crippen LogP contribution is -2.31. The molecule has 1 heterocycles. The van der Waals surface area contributed by atoms with Crippen molar-refractivity contribution in [3.8, 4) is 0 Å². The van der Waals surface area contributed by atoms with Crippen molar-refractivity contribution in [2.45, 2.75) is 18.4 Å². The highest BCUT2D eigenvalue weighted by Crippen LogP contribution is 2.29. The Morgan fingerprint density at radius 1 is 1.05 bits per heavy atom. The van der Waals surface area contributed by atoms with E-state index in [2.05, 4.69) is 23.2 Å². The fourth-order valence-corrected chi connectivity index (χ4v) is 2.78. The van der Waals surface area contributed by atoms with Crippen LogP contribution in [0, 0.1) is 0 Å². The Balaban J connectivity index is 2.01. The minimum Gasteiger partial charge on any atom is -0.361 e. The Labute approximate surface area is 123 Å². The lowest BCUT2D eigenvalue weighted by Gasteiger charge is -2.19. The number of nitrogens with one attached hydrogen (secondary N) is 1. The van der Waals surface area contributed by atoms with Gasteiger partial charge in [0.05, 0.1) is 6.04 Å². The number of fused-ring (bicyclic) bond motifs is 1. The third-order valence-electron chi connectivity index (χ3n) is 3.89. The van der Waals surface area contributed by atoms with Gasteiger partial charge in [0.15, 0.2) is 0 Å². The van der Waals surface area contributed by atoms with Crippen molar-refractivity contribution < 1.29 is 4.79 Å². The smallest absolute Gasteiger partial charge is 0.217 e. The number of benzene rings is 2. The van der Waals surface area contributed by atoms with Crippen molar-refractivity contribution in [3.63, 3.8) is 0 Å². The number of rotatable bonds is 5. The van der Waals surface area contributed by atoms with Gasteiger partial charge in [-0.25, -0.2) is 0 Å². The highest BCUT2D eigenvalue weighted by molar-refractivity contribution is 5.84. The fourth-order valence-electron chi connectivity index (χ4n) is 2.78. The van der Waals surface area contributed by atoms with E-state index in [1.165, 1.54) is 5.56 Å². The highest BCUT2D eigenvalue weighted by atomic mass is 16.1. The van der Waals surface area contributed by atoms with Gasteiger partial charge in [0.2, 0.25) is 6.29 Å². The zero-order chi connectivity index (χ0) is 14.7.